The fraction of sp³-hybridized carbons (Fsp3) is 0.200. The molecular weight excluding hydrogens is 358 g/mol. The summed E-state index contributed by atoms with van der Waals surface area (Å²) in [5.74, 6) is 0.271. The van der Waals surface area contributed by atoms with Gasteiger partial charge in [-0.2, -0.15) is 0 Å². The van der Waals surface area contributed by atoms with Gasteiger partial charge in [0.1, 0.15) is 12.1 Å². The molecule has 0 saturated heterocycles. The Morgan fingerprint density at radius 3 is 2.84 bits per heavy atom. The van der Waals surface area contributed by atoms with E-state index in [-0.39, 0.29) is 28.4 Å². The van der Waals surface area contributed by atoms with Crippen LogP contribution in [0.1, 0.15) is 10.6 Å². The van der Waals surface area contributed by atoms with Crippen LogP contribution < -0.4 is 9.47 Å². The molecule has 10 heteroatoms. The molecule has 3 aromatic heterocycles. The minimum Gasteiger partial charge on any atom is -0.482 e. The predicted molar refractivity (Wildman–Crippen MR) is 84.7 cm³/mol. The second-order valence-electron chi connectivity index (χ2n) is 4.92. The van der Waals surface area contributed by atoms with E-state index in [1.807, 2.05) is 0 Å². The molecule has 0 aliphatic carbocycles. The lowest BCUT2D eigenvalue weighted by Gasteiger charge is -2.11. The monoisotopic (exact) mass is 368 g/mol. The molecule has 0 spiro atoms. The third-order valence-electron chi connectivity index (χ3n) is 3.23. The maximum atomic E-state index is 12.4. The Bertz CT molecular complexity index is 933. The van der Waals surface area contributed by atoms with Crippen molar-refractivity contribution in [3.8, 4) is 17.5 Å². The topological polar surface area (TPSA) is 79.1 Å². The molecule has 0 aliphatic rings. The minimum atomic E-state index is -2.66. The number of aryl methyl sites for hydroxylation is 1. The van der Waals surface area contributed by atoms with Gasteiger partial charge in [-0.3, -0.25) is 4.79 Å². The molecule has 0 aliphatic heterocycles. The summed E-state index contributed by atoms with van der Waals surface area (Å²) < 4.78 is 36.8. The number of pyridine rings is 2. The summed E-state index contributed by atoms with van der Waals surface area (Å²) in [5, 5.41) is 0.210. The van der Waals surface area contributed by atoms with Gasteiger partial charge in [0.25, 0.3) is 12.3 Å². The van der Waals surface area contributed by atoms with Crippen molar-refractivity contribution < 1.29 is 23.0 Å². The second-order valence-corrected chi connectivity index (χ2v) is 5.36. The van der Waals surface area contributed by atoms with Gasteiger partial charge in [-0.15, -0.1) is 0 Å². The maximum Gasteiger partial charge on any atom is 0.272 e. The zero-order valence-electron chi connectivity index (χ0n) is 12.8. The van der Waals surface area contributed by atoms with Crippen LogP contribution in [-0.4, -0.2) is 38.8 Å². The Labute approximate surface area is 145 Å². The van der Waals surface area contributed by atoms with Crippen molar-refractivity contribution in [1.29, 1.82) is 0 Å². The number of fused-ring (bicyclic) bond motifs is 1. The summed E-state index contributed by atoms with van der Waals surface area (Å²) in [7, 11) is 1.67. The van der Waals surface area contributed by atoms with Crippen molar-refractivity contribution in [1.82, 2.24) is 19.5 Å². The lowest BCUT2D eigenvalue weighted by molar-refractivity contribution is 0.0804. The van der Waals surface area contributed by atoms with Gasteiger partial charge in [-0.25, -0.2) is 23.7 Å². The smallest absolute Gasteiger partial charge is 0.272 e. The summed E-state index contributed by atoms with van der Waals surface area (Å²) in [6, 6.07) is 2.86. The zero-order chi connectivity index (χ0) is 18.0. The van der Waals surface area contributed by atoms with Crippen LogP contribution in [0.25, 0.3) is 11.0 Å². The largest absolute Gasteiger partial charge is 0.482 e. The first-order valence-electron chi connectivity index (χ1n) is 7.00. The van der Waals surface area contributed by atoms with Gasteiger partial charge in [0, 0.05) is 25.4 Å². The molecule has 0 atom stereocenters. The maximum absolute atomic E-state index is 12.4. The highest BCUT2D eigenvalue weighted by molar-refractivity contribution is 6.30. The van der Waals surface area contributed by atoms with Gasteiger partial charge in [0.05, 0.1) is 16.7 Å². The average Bonchev–Trinajstić information content (AvgIpc) is 2.91. The van der Waals surface area contributed by atoms with E-state index >= 15 is 0 Å². The van der Waals surface area contributed by atoms with E-state index in [0.717, 1.165) is 0 Å². The van der Waals surface area contributed by atoms with E-state index in [0.29, 0.717) is 17.3 Å². The van der Waals surface area contributed by atoms with E-state index < -0.39 is 13.0 Å². The van der Waals surface area contributed by atoms with Crippen LogP contribution in [0.3, 0.4) is 0 Å². The molecule has 130 valence electrons. The number of ether oxygens (including phenoxy) is 2. The Kier molecular flexibility index (Phi) is 4.75. The summed E-state index contributed by atoms with van der Waals surface area (Å²) in [6.07, 6.45) is 0.682. The molecule has 3 rings (SSSR count). The molecule has 0 bridgehead atoms. The first-order chi connectivity index (χ1) is 12.0. The van der Waals surface area contributed by atoms with E-state index in [9.17, 15) is 13.6 Å². The Balaban J connectivity index is 1.92. The first-order valence-corrected chi connectivity index (χ1v) is 7.37. The highest BCUT2D eigenvalue weighted by atomic mass is 35.5. The van der Waals surface area contributed by atoms with Crippen molar-refractivity contribution in [2.45, 2.75) is 6.43 Å². The molecule has 3 aromatic rings. The van der Waals surface area contributed by atoms with E-state index in [1.54, 1.807) is 17.7 Å². The summed E-state index contributed by atoms with van der Waals surface area (Å²) in [5.41, 5.74) is 1.12. The summed E-state index contributed by atoms with van der Waals surface area (Å²) in [4.78, 5) is 23.0. The van der Waals surface area contributed by atoms with Gasteiger partial charge >= 0.3 is 0 Å². The molecule has 0 fully saturated rings. The normalized spacial score (nSPS) is 11.1. The predicted octanol–water partition coefficient (Wildman–Crippen LogP) is 3.27. The quantitative estimate of drug-likeness (QED) is 0.621. The van der Waals surface area contributed by atoms with E-state index in [1.165, 1.54) is 18.5 Å². The number of imidazole rings is 1. The van der Waals surface area contributed by atoms with Crippen molar-refractivity contribution in [3.63, 3.8) is 0 Å². The van der Waals surface area contributed by atoms with Crippen molar-refractivity contribution in [2.75, 3.05) is 6.61 Å². The lowest BCUT2D eigenvalue weighted by Crippen LogP contribution is -2.08. The fourth-order valence-electron chi connectivity index (χ4n) is 2.10. The molecule has 25 heavy (non-hydrogen) atoms. The molecule has 7 nitrogen and oxygen atoms in total. The van der Waals surface area contributed by atoms with Crippen LogP contribution in [0.15, 0.2) is 24.5 Å². The average molecular weight is 369 g/mol. The molecule has 0 aromatic carbocycles. The van der Waals surface area contributed by atoms with E-state index in [4.69, 9.17) is 21.1 Å². The number of alkyl halides is 2. The Morgan fingerprint density at radius 1 is 1.32 bits per heavy atom. The second kappa shape index (κ2) is 6.98. The highest BCUT2D eigenvalue weighted by Crippen LogP contribution is 2.32. The third kappa shape index (κ3) is 3.66. The number of aromatic nitrogens is 4. The standard InChI is InChI=1S/C15H11ClF2N4O3/c1-22-10-3-14(19-5-9(10)21-13(22)6-23)25-15-11(24-7-12(17)18)2-8(16)4-20-15/h2-6,12H,7H2,1H3. The highest BCUT2D eigenvalue weighted by Gasteiger charge is 2.14. The Morgan fingerprint density at radius 2 is 2.12 bits per heavy atom. The molecule has 0 radical (unpaired) electrons. The lowest BCUT2D eigenvalue weighted by atomic mass is 10.4. The van der Waals surface area contributed by atoms with Gasteiger partial charge in [-0.1, -0.05) is 11.6 Å². The third-order valence-corrected chi connectivity index (χ3v) is 3.44. The molecular formula is C15H11ClF2N4O3. The number of carbonyl (C=O) groups excluding carboxylic acids is 1. The first kappa shape index (κ1) is 17.0. The van der Waals surface area contributed by atoms with Crippen LogP contribution in [0, 0.1) is 0 Å². The van der Waals surface area contributed by atoms with Crippen molar-refractivity contribution in [3.05, 3.63) is 35.4 Å². The SMILES string of the molecule is Cn1c(C=O)nc2cnc(Oc3ncc(Cl)cc3OCC(F)F)cc21. The van der Waals surface area contributed by atoms with Crippen LogP contribution in [-0.2, 0) is 7.05 Å². The van der Waals surface area contributed by atoms with Gasteiger partial charge in [-0.05, 0) is 0 Å². The van der Waals surface area contributed by atoms with Crippen LogP contribution in [0.4, 0.5) is 8.78 Å². The summed E-state index contributed by atoms with van der Waals surface area (Å²) in [6.45, 7) is -0.824. The van der Waals surface area contributed by atoms with E-state index in [2.05, 4.69) is 15.0 Å². The molecule has 0 unspecified atom stereocenters. The number of aldehydes is 1. The zero-order valence-corrected chi connectivity index (χ0v) is 13.6. The van der Waals surface area contributed by atoms with Crippen LogP contribution in [0.2, 0.25) is 5.02 Å². The number of hydrogen-bond acceptors (Lipinski definition) is 6. The number of carbonyl (C=O) groups is 1. The van der Waals surface area contributed by atoms with Gasteiger partial charge in [0.2, 0.25) is 5.88 Å². The number of rotatable bonds is 6. The molecule has 0 saturated carbocycles. The fourth-order valence-corrected chi connectivity index (χ4v) is 2.24. The van der Waals surface area contributed by atoms with Gasteiger partial charge in [0.15, 0.2) is 17.9 Å². The number of hydrogen-bond donors (Lipinski definition) is 0. The van der Waals surface area contributed by atoms with Crippen molar-refractivity contribution >= 4 is 28.9 Å². The molecule has 0 amide bonds. The molecule has 0 N–H and O–H groups in total. The molecule has 3 heterocycles. The van der Waals surface area contributed by atoms with Crippen LogP contribution in [0.5, 0.6) is 17.5 Å². The Hall–Kier alpha value is -2.81. The minimum absolute atomic E-state index is 0.0340. The van der Waals surface area contributed by atoms with Gasteiger partial charge < -0.3 is 14.0 Å². The van der Waals surface area contributed by atoms with Crippen molar-refractivity contribution in [2.24, 2.45) is 7.05 Å². The van der Waals surface area contributed by atoms with Crippen LogP contribution >= 0.6 is 11.6 Å². The number of halogens is 3. The number of nitrogens with zero attached hydrogens (tertiary/aromatic N) is 4. The summed E-state index contributed by atoms with van der Waals surface area (Å²) >= 11 is 5.81.